The van der Waals surface area contributed by atoms with Crippen molar-refractivity contribution in [2.45, 2.75) is 38.3 Å². The molecular weight excluding hydrogens is 284 g/mol. The van der Waals surface area contributed by atoms with Crippen LogP contribution in [0.4, 0.5) is 4.79 Å². The van der Waals surface area contributed by atoms with Crippen molar-refractivity contribution < 1.29 is 9.21 Å². The summed E-state index contributed by atoms with van der Waals surface area (Å²) in [4.78, 5) is 15.7. The molecule has 0 aliphatic carbocycles. The molecule has 3 heterocycles. The summed E-state index contributed by atoms with van der Waals surface area (Å²) in [5.74, 6) is 0.902. The molecule has 2 atom stereocenters. The van der Waals surface area contributed by atoms with Gasteiger partial charge in [-0.15, -0.1) is 11.3 Å². The van der Waals surface area contributed by atoms with E-state index in [0.717, 1.165) is 31.6 Å². The van der Waals surface area contributed by atoms with Crippen LogP contribution in [-0.2, 0) is 6.42 Å². The summed E-state index contributed by atoms with van der Waals surface area (Å²) >= 11 is 1.73. The van der Waals surface area contributed by atoms with Gasteiger partial charge in [-0.2, -0.15) is 0 Å². The fourth-order valence-corrected chi connectivity index (χ4v) is 3.74. The minimum atomic E-state index is 0.0324. The van der Waals surface area contributed by atoms with Crippen LogP contribution in [0.2, 0.25) is 0 Å². The molecule has 4 nitrogen and oxygen atoms in total. The molecule has 1 saturated heterocycles. The average molecular weight is 304 g/mol. The van der Waals surface area contributed by atoms with Crippen LogP contribution in [0.1, 0.15) is 36.4 Å². The van der Waals surface area contributed by atoms with Crippen LogP contribution in [0.3, 0.4) is 0 Å². The second kappa shape index (κ2) is 6.35. The van der Waals surface area contributed by atoms with E-state index in [9.17, 15) is 4.79 Å². The number of nitrogens with zero attached hydrogens (tertiary/aromatic N) is 1. The summed E-state index contributed by atoms with van der Waals surface area (Å²) in [6.07, 6.45) is 4.51. The third kappa shape index (κ3) is 3.29. The number of hydrogen-bond acceptors (Lipinski definition) is 3. The van der Waals surface area contributed by atoms with Gasteiger partial charge in [-0.3, -0.25) is 0 Å². The van der Waals surface area contributed by atoms with Crippen molar-refractivity contribution in [3.8, 4) is 0 Å². The molecule has 21 heavy (non-hydrogen) atoms. The van der Waals surface area contributed by atoms with E-state index in [1.165, 1.54) is 4.88 Å². The number of hydrogen-bond donors (Lipinski definition) is 1. The Kier molecular flexibility index (Phi) is 4.29. The second-order valence-corrected chi connectivity index (χ2v) is 6.48. The van der Waals surface area contributed by atoms with Crippen LogP contribution < -0.4 is 5.32 Å². The van der Waals surface area contributed by atoms with Gasteiger partial charge < -0.3 is 14.6 Å². The van der Waals surface area contributed by atoms with Crippen LogP contribution in [0.15, 0.2) is 40.3 Å². The van der Waals surface area contributed by atoms with Crippen molar-refractivity contribution in [2.24, 2.45) is 0 Å². The highest BCUT2D eigenvalue weighted by Gasteiger charge is 2.31. The summed E-state index contributed by atoms with van der Waals surface area (Å²) in [5, 5.41) is 5.16. The number of amides is 2. The van der Waals surface area contributed by atoms with Gasteiger partial charge in [0.25, 0.3) is 0 Å². The first-order chi connectivity index (χ1) is 10.2. The smallest absolute Gasteiger partial charge is 0.318 e. The molecule has 0 spiro atoms. The molecule has 1 aliphatic rings. The summed E-state index contributed by atoms with van der Waals surface area (Å²) in [6.45, 7) is 2.85. The fourth-order valence-electron chi connectivity index (χ4n) is 2.86. The molecule has 0 radical (unpaired) electrons. The number of likely N-dealkylation sites (tertiary alicyclic amines) is 1. The molecule has 0 saturated carbocycles. The zero-order valence-corrected chi connectivity index (χ0v) is 12.9. The van der Waals surface area contributed by atoms with Gasteiger partial charge in [0.2, 0.25) is 0 Å². The first kappa shape index (κ1) is 14.2. The molecular formula is C16H20N2O2S. The Morgan fingerprint density at radius 1 is 1.52 bits per heavy atom. The van der Waals surface area contributed by atoms with Gasteiger partial charge in [-0.1, -0.05) is 6.07 Å². The predicted octanol–water partition coefficient (Wildman–Crippen LogP) is 3.82. The summed E-state index contributed by atoms with van der Waals surface area (Å²) in [5.41, 5.74) is 0. The maximum Gasteiger partial charge on any atom is 0.318 e. The topological polar surface area (TPSA) is 45.5 Å². The van der Waals surface area contributed by atoms with Gasteiger partial charge in [0, 0.05) is 23.9 Å². The molecule has 3 rings (SSSR count). The highest BCUT2D eigenvalue weighted by Crippen LogP contribution is 2.34. The first-order valence-electron chi connectivity index (χ1n) is 7.37. The molecule has 2 aromatic rings. The third-order valence-corrected chi connectivity index (χ3v) is 4.82. The van der Waals surface area contributed by atoms with E-state index < -0.39 is 0 Å². The summed E-state index contributed by atoms with van der Waals surface area (Å²) in [7, 11) is 0. The molecule has 1 fully saturated rings. The Morgan fingerprint density at radius 2 is 2.43 bits per heavy atom. The van der Waals surface area contributed by atoms with Crippen molar-refractivity contribution in [1.82, 2.24) is 10.2 Å². The molecule has 0 unspecified atom stereocenters. The molecule has 2 aromatic heterocycles. The lowest BCUT2D eigenvalue weighted by atomic mass is 10.2. The lowest BCUT2D eigenvalue weighted by Crippen LogP contribution is -2.44. The number of carbonyl (C=O) groups excluding carboxylic acids is 1. The summed E-state index contributed by atoms with van der Waals surface area (Å²) < 4.78 is 5.33. The number of furan rings is 1. The lowest BCUT2D eigenvalue weighted by Gasteiger charge is -2.26. The Morgan fingerprint density at radius 3 is 3.14 bits per heavy atom. The lowest BCUT2D eigenvalue weighted by molar-refractivity contribution is 0.190. The van der Waals surface area contributed by atoms with E-state index in [-0.39, 0.29) is 18.1 Å². The zero-order chi connectivity index (χ0) is 14.7. The normalized spacial score (nSPS) is 19.7. The molecule has 2 amide bonds. The third-order valence-electron chi connectivity index (χ3n) is 3.84. The number of thiophene rings is 1. The predicted molar refractivity (Wildman–Crippen MR) is 83.4 cm³/mol. The van der Waals surface area contributed by atoms with Gasteiger partial charge >= 0.3 is 6.03 Å². The van der Waals surface area contributed by atoms with E-state index in [1.54, 1.807) is 17.6 Å². The number of urea groups is 1. The molecule has 1 N–H and O–H groups in total. The second-order valence-electron chi connectivity index (χ2n) is 5.50. The SMILES string of the molecule is C[C@H](Cc1ccco1)NC(=O)N1CCC[C@H]1c1cccs1. The first-order valence-corrected chi connectivity index (χ1v) is 8.25. The molecule has 0 aromatic carbocycles. The zero-order valence-electron chi connectivity index (χ0n) is 12.1. The Balaban J connectivity index is 1.59. The standard InChI is InChI=1S/C16H20N2O2S/c1-12(11-13-5-3-9-20-13)17-16(19)18-8-2-6-14(18)15-7-4-10-21-15/h3-5,7,9-10,12,14H,2,6,8,11H2,1H3,(H,17,19)/t12-,14+/m1/s1. The van der Waals surface area contributed by atoms with E-state index in [1.807, 2.05) is 30.0 Å². The number of rotatable bonds is 4. The van der Waals surface area contributed by atoms with Gasteiger partial charge in [0.05, 0.1) is 12.3 Å². The summed E-state index contributed by atoms with van der Waals surface area (Å²) in [6, 6.07) is 8.31. The monoisotopic (exact) mass is 304 g/mol. The average Bonchev–Trinajstić information content (AvgIpc) is 3.20. The number of carbonyl (C=O) groups is 1. The van der Waals surface area contributed by atoms with Crippen molar-refractivity contribution in [3.05, 3.63) is 46.5 Å². The van der Waals surface area contributed by atoms with Crippen LogP contribution >= 0.6 is 11.3 Å². The van der Waals surface area contributed by atoms with Crippen LogP contribution in [0.5, 0.6) is 0 Å². The van der Waals surface area contributed by atoms with E-state index >= 15 is 0 Å². The van der Waals surface area contributed by atoms with E-state index in [4.69, 9.17) is 4.42 Å². The maximum absolute atomic E-state index is 12.5. The quantitative estimate of drug-likeness (QED) is 0.933. The highest BCUT2D eigenvalue weighted by atomic mass is 32.1. The van der Waals surface area contributed by atoms with Gasteiger partial charge in [-0.05, 0) is 43.3 Å². The van der Waals surface area contributed by atoms with Crippen molar-refractivity contribution in [2.75, 3.05) is 6.54 Å². The Bertz CT molecular complexity index is 565. The van der Waals surface area contributed by atoms with Crippen molar-refractivity contribution in [3.63, 3.8) is 0 Å². The molecule has 0 bridgehead atoms. The largest absolute Gasteiger partial charge is 0.469 e. The van der Waals surface area contributed by atoms with Crippen molar-refractivity contribution in [1.29, 1.82) is 0 Å². The van der Waals surface area contributed by atoms with Crippen LogP contribution in [-0.4, -0.2) is 23.5 Å². The maximum atomic E-state index is 12.5. The van der Waals surface area contributed by atoms with Gasteiger partial charge in [-0.25, -0.2) is 4.79 Å². The Labute approximate surface area is 128 Å². The molecule has 5 heteroatoms. The van der Waals surface area contributed by atoms with Crippen molar-refractivity contribution >= 4 is 17.4 Å². The Hall–Kier alpha value is -1.75. The van der Waals surface area contributed by atoms with Gasteiger partial charge in [0.1, 0.15) is 5.76 Å². The van der Waals surface area contributed by atoms with Crippen LogP contribution in [0.25, 0.3) is 0 Å². The minimum absolute atomic E-state index is 0.0324. The molecule has 1 aliphatic heterocycles. The minimum Gasteiger partial charge on any atom is -0.469 e. The van der Waals surface area contributed by atoms with Gasteiger partial charge in [0.15, 0.2) is 0 Å². The highest BCUT2D eigenvalue weighted by molar-refractivity contribution is 7.10. The number of nitrogens with one attached hydrogen (secondary N) is 1. The van der Waals surface area contributed by atoms with E-state index in [0.29, 0.717) is 0 Å². The molecule has 112 valence electrons. The van der Waals surface area contributed by atoms with Crippen LogP contribution in [0, 0.1) is 0 Å². The van der Waals surface area contributed by atoms with E-state index in [2.05, 4.69) is 16.8 Å². The fraction of sp³-hybridized carbons (Fsp3) is 0.438.